The first kappa shape index (κ1) is 12.4. The molecule has 17 heavy (non-hydrogen) atoms. The number of anilines is 1. The summed E-state index contributed by atoms with van der Waals surface area (Å²) >= 11 is 3.42. The van der Waals surface area contributed by atoms with Crippen LogP contribution in [0, 0.1) is 0 Å². The standard InChI is InChI=1S/C13H16BrNO2/c1-17-13(16)12-4-2-3-9-15(12)11-7-5-10(14)6-8-11/h5-8,12H,2-4,9H2,1H3. The summed E-state index contributed by atoms with van der Waals surface area (Å²) < 4.78 is 5.92. The van der Waals surface area contributed by atoms with Gasteiger partial charge < -0.3 is 9.64 Å². The van der Waals surface area contributed by atoms with Gasteiger partial charge in [-0.25, -0.2) is 4.79 Å². The average molecular weight is 298 g/mol. The van der Waals surface area contributed by atoms with Crippen molar-refractivity contribution in [3.63, 3.8) is 0 Å². The number of halogens is 1. The monoisotopic (exact) mass is 297 g/mol. The van der Waals surface area contributed by atoms with Crippen molar-refractivity contribution in [3.05, 3.63) is 28.7 Å². The Kier molecular flexibility index (Phi) is 4.05. The number of benzene rings is 1. The maximum absolute atomic E-state index is 11.7. The number of rotatable bonds is 2. The Balaban J connectivity index is 2.21. The summed E-state index contributed by atoms with van der Waals surface area (Å²) in [6.45, 7) is 0.918. The van der Waals surface area contributed by atoms with Crippen molar-refractivity contribution >= 4 is 27.6 Å². The molecule has 0 spiro atoms. The van der Waals surface area contributed by atoms with Gasteiger partial charge in [-0.05, 0) is 43.5 Å². The Morgan fingerprint density at radius 1 is 1.35 bits per heavy atom. The van der Waals surface area contributed by atoms with Gasteiger partial charge in [-0.2, -0.15) is 0 Å². The van der Waals surface area contributed by atoms with Crippen molar-refractivity contribution in [2.45, 2.75) is 25.3 Å². The molecular weight excluding hydrogens is 282 g/mol. The Hall–Kier alpha value is -1.03. The van der Waals surface area contributed by atoms with Gasteiger partial charge in [0.25, 0.3) is 0 Å². The first-order chi connectivity index (χ1) is 8.22. The SMILES string of the molecule is COC(=O)C1CCCCN1c1ccc(Br)cc1. The lowest BCUT2D eigenvalue weighted by Crippen LogP contribution is -2.45. The minimum absolute atomic E-state index is 0.130. The number of nitrogens with zero attached hydrogens (tertiary/aromatic N) is 1. The molecule has 1 fully saturated rings. The summed E-state index contributed by atoms with van der Waals surface area (Å²) in [6, 6.07) is 7.93. The van der Waals surface area contributed by atoms with Gasteiger partial charge in [0.15, 0.2) is 0 Å². The number of methoxy groups -OCH3 is 1. The van der Waals surface area contributed by atoms with E-state index in [1.165, 1.54) is 7.11 Å². The zero-order valence-corrected chi connectivity index (χ0v) is 11.4. The van der Waals surface area contributed by atoms with E-state index in [0.29, 0.717) is 0 Å². The third kappa shape index (κ3) is 2.80. The van der Waals surface area contributed by atoms with Crippen molar-refractivity contribution in [1.82, 2.24) is 0 Å². The molecule has 0 aliphatic carbocycles. The summed E-state index contributed by atoms with van der Waals surface area (Å²) in [5.74, 6) is -0.132. The van der Waals surface area contributed by atoms with Crippen LogP contribution >= 0.6 is 15.9 Å². The number of hydrogen-bond donors (Lipinski definition) is 0. The zero-order valence-electron chi connectivity index (χ0n) is 9.86. The molecule has 1 unspecified atom stereocenters. The quantitative estimate of drug-likeness (QED) is 0.786. The molecule has 0 N–H and O–H groups in total. The van der Waals surface area contributed by atoms with E-state index in [0.717, 1.165) is 36.0 Å². The highest BCUT2D eigenvalue weighted by atomic mass is 79.9. The molecule has 1 saturated heterocycles. The maximum Gasteiger partial charge on any atom is 0.328 e. The highest BCUT2D eigenvalue weighted by molar-refractivity contribution is 9.10. The fourth-order valence-corrected chi connectivity index (χ4v) is 2.52. The van der Waals surface area contributed by atoms with Gasteiger partial charge in [0.05, 0.1) is 7.11 Å². The summed E-state index contributed by atoms with van der Waals surface area (Å²) in [7, 11) is 1.46. The molecule has 1 aliphatic rings. The molecule has 92 valence electrons. The lowest BCUT2D eigenvalue weighted by Gasteiger charge is -2.35. The maximum atomic E-state index is 11.7. The fourth-order valence-electron chi connectivity index (χ4n) is 2.25. The predicted molar refractivity (Wildman–Crippen MR) is 71.1 cm³/mol. The number of carbonyl (C=O) groups excluding carboxylic acids is 1. The molecule has 1 aromatic carbocycles. The minimum atomic E-state index is -0.132. The molecule has 0 radical (unpaired) electrons. The summed E-state index contributed by atoms with van der Waals surface area (Å²) in [5.41, 5.74) is 1.09. The molecule has 0 saturated carbocycles. The van der Waals surface area contributed by atoms with Gasteiger partial charge in [-0.3, -0.25) is 0 Å². The van der Waals surface area contributed by atoms with Crippen LogP contribution in [0.4, 0.5) is 5.69 Å². The van der Waals surface area contributed by atoms with Crippen LogP contribution in [0.25, 0.3) is 0 Å². The molecule has 1 aromatic rings. The summed E-state index contributed by atoms with van der Waals surface area (Å²) in [6.07, 6.45) is 3.10. The van der Waals surface area contributed by atoms with E-state index >= 15 is 0 Å². The van der Waals surface area contributed by atoms with Crippen LogP contribution in [0.1, 0.15) is 19.3 Å². The molecule has 2 rings (SSSR count). The number of hydrogen-bond acceptors (Lipinski definition) is 3. The van der Waals surface area contributed by atoms with E-state index in [4.69, 9.17) is 4.74 Å². The van der Waals surface area contributed by atoms with Crippen molar-refractivity contribution < 1.29 is 9.53 Å². The van der Waals surface area contributed by atoms with Crippen LogP contribution < -0.4 is 4.90 Å². The number of carbonyl (C=O) groups is 1. The third-order valence-corrected chi connectivity index (χ3v) is 3.66. The second kappa shape index (κ2) is 5.54. The van der Waals surface area contributed by atoms with E-state index in [1.807, 2.05) is 24.3 Å². The van der Waals surface area contributed by atoms with Crippen molar-refractivity contribution in [2.24, 2.45) is 0 Å². The van der Waals surface area contributed by atoms with Gasteiger partial charge >= 0.3 is 5.97 Å². The molecule has 3 nitrogen and oxygen atoms in total. The molecule has 1 atom stereocenters. The van der Waals surface area contributed by atoms with Crippen LogP contribution in [-0.2, 0) is 9.53 Å². The highest BCUT2D eigenvalue weighted by Crippen LogP contribution is 2.26. The van der Waals surface area contributed by atoms with Gasteiger partial charge in [0.1, 0.15) is 6.04 Å². The Morgan fingerprint density at radius 2 is 2.06 bits per heavy atom. The predicted octanol–water partition coefficient (Wildman–Crippen LogP) is 2.98. The Morgan fingerprint density at radius 3 is 2.71 bits per heavy atom. The Bertz CT molecular complexity index is 391. The van der Waals surface area contributed by atoms with Gasteiger partial charge in [-0.1, -0.05) is 15.9 Å². The fraction of sp³-hybridized carbons (Fsp3) is 0.462. The van der Waals surface area contributed by atoms with Crippen LogP contribution in [-0.4, -0.2) is 25.7 Å². The van der Waals surface area contributed by atoms with Gasteiger partial charge in [0.2, 0.25) is 0 Å². The summed E-state index contributed by atoms with van der Waals surface area (Å²) in [5, 5.41) is 0. The first-order valence-electron chi connectivity index (χ1n) is 5.82. The molecule has 4 heteroatoms. The van der Waals surface area contributed by atoms with E-state index in [9.17, 15) is 4.79 Å². The topological polar surface area (TPSA) is 29.5 Å². The van der Waals surface area contributed by atoms with Crippen molar-refractivity contribution in [3.8, 4) is 0 Å². The molecule has 1 heterocycles. The normalized spacial score (nSPS) is 20.1. The molecule has 0 amide bonds. The second-order valence-corrected chi connectivity index (χ2v) is 5.12. The van der Waals surface area contributed by atoms with Crippen molar-refractivity contribution in [1.29, 1.82) is 0 Å². The van der Waals surface area contributed by atoms with Crippen LogP contribution in [0.5, 0.6) is 0 Å². The largest absolute Gasteiger partial charge is 0.467 e. The smallest absolute Gasteiger partial charge is 0.328 e. The summed E-state index contributed by atoms with van der Waals surface area (Å²) in [4.78, 5) is 13.9. The molecule has 0 bridgehead atoms. The Labute approximate surface area is 110 Å². The average Bonchev–Trinajstić information content (AvgIpc) is 2.39. The second-order valence-electron chi connectivity index (χ2n) is 4.20. The van der Waals surface area contributed by atoms with Crippen LogP contribution in [0.3, 0.4) is 0 Å². The molecule has 1 aliphatic heterocycles. The van der Waals surface area contributed by atoms with E-state index in [-0.39, 0.29) is 12.0 Å². The zero-order chi connectivity index (χ0) is 12.3. The highest BCUT2D eigenvalue weighted by Gasteiger charge is 2.29. The van der Waals surface area contributed by atoms with E-state index in [1.54, 1.807) is 0 Å². The number of ether oxygens (including phenoxy) is 1. The minimum Gasteiger partial charge on any atom is -0.467 e. The van der Waals surface area contributed by atoms with Gasteiger partial charge in [-0.15, -0.1) is 0 Å². The van der Waals surface area contributed by atoms with Crippen molar-refractivity contribution in [2.75, 3.05) is 18.6 Å². The lowest BCUT2D eigenvalue weighted by molar-refractivity contribution is -0.142. The third-order valence-electron chi connectivity index (χ3n) is 3.13. The molecular formula is C13H16BrNO2. The van der Waals surface area contributed by atoms with Crippen LogP contribution in [0.2, 0.25) is 0 Å². The number of esters is 1. The first-order valence-corrected chi connectivity index (χ1v) is 6.61. The van der Waals surface area contributed by atoms with Crippen LogP contribution in [0.15, 0.2) is 28.7 Å². The lowest BCUT2D eigenvalue weighted by atomic mass is 10.0. The van der Waals surface area contributed by atoms with E-state index < -0.39 is 0 Å². The van der Waals surface area contributed by atoms with Gasteiger partial charge in [0, 0.05) is 16.7 Å². The van der Waals surface area contributed by atoms with E-state index in [2.05, 4.69) is 20.8 Å². The molecule has 0 aromatic heterocycles. The number of piperidine rings is 1.